The highest BCUT2D eigenvalue weighted by molar-refractivity contribution is 9.10. The maximum Gasteiger partial charge on any atom is 0.247 e. The molecule has 2 aromatic carbocycles. The molecular formula is C19H19BrN2O. The monoisotopic (exact) mass is 370 g/mol. The first-order valence-electron chi connectivity index (χ1n) is 7.74. The molecule has 1 atom stereocenters. The normalized spacial score (nSPS) is 12.3. The number of hydrogen-bond acceptors (Lipinski definition) is 1. The molecule has 0 bridgehead atoms. The minimum atomic E-state index is -0.274. The molecule has 118 valence electrons. The Labute approximate surface area is 144 Å². The summed E-state index contributed by atoms with van der Waals surface area (Å²) in [4.78, 5) is 12.5. The van der Waals surface area contributed by atoms with Crippen LogP contribution in [0.25, 0.3) is 10.9 Å². The molecule has 3 aromatic rings. The second kappa shape index (κ2) is 6.59. The predicted molar refractivity (Wildman–Crippen MR) is 98.8 cm³/mol. The van der Waals surface area contributed by atoms with Crippen molar-refractivity contribution in [2.24, 2.45) is 0 Å². The summed E-state index contributed by atoms with van der Waals surface area (Å²) in [7, 11) is 0. The van der Waals surface area contributed by atoms with Crippen molar-refractivity contribution in [1.29, 1.82) is 0 Å². The van der Waals surface area contributed by atoms with Crippen molar-refractivity contribution in [3.05, 3.63) is 64.8 Å². The number of benzene rings is 2. The molecule has 1 aromatic heterocycles. The van der Waals surface area contributed by atoms with E-state index in [-0.39, 0.29) is 11.9 Å². The van der Waals surface area contributed by atoms with Gasteiger partial charge in [0, 0.05) is 21.9 Å². The van der Waals surface area contributed by atoms with E-state index in [2.05, 4.69) is 52.4 Å². The standard InChI is InChI=1S/C19H19BrN2O/c1-3-14-4-9-18-15(12-14)10-11-22(18)13(2)19(23)21-17-7-5-16(20)6-8-17/h4-13H,3H2,1-2H3,(H,21,23). The van der Waals surface area contributed by atoms with Gasteiger partial charge in [-0.2, -0.15) is 0 Å². The molecule has 1 amide bonds. The van der Waals surface area contributed by atoms with E-state index >= 15 is 0 Å². The number of nitrogens with zero attached hydrogens (tertiary/aromatic N) is 1. The van der Waals surface area contributed by atoms with E-state index in [1.165, 1.54) is 10.9 Å². The maximum atomic E-state index is 12.5. The zero-order chi connectivity index (χ0) is 16.4. The van der Waals surface area contributed by atoms with Crippen LogP contribution in [0.5, 0.6) is 0 Å². The van der Waals surface area contributed by atoms with Crippen LogP contribution < -0.4 is 5.32 Å². The fourth-order valence-electron chi connectivity index (χ4n) is 2.68. The third-order valence-corrected chi connectivity index (χ3v) is 4.63. The highest BCUT2D eigenvalue weighted by Crippen LogP contribution is 2.23. The van der Waals surface area contributed by atoms with Crippen molar-refractivity contribution >= 4 is 38.4 Å². The zero-order valence-corrected chi connectivity index (χ0v) is 14.8. The Morgan fingerprint density at radius 3 is 2.61 bits per heavy atom. The second-order valence-corrected chi connectivity index (χ2v) is 6.56. The van der Waals surface area contributed by atoms with Crippen molar-refractivity contribution in [3.8, 4) is 0 Å². The van der Waals surface area contributed by atoms with Gasteiger partial charge in [0.25, 0.3) is 0 Å². The molecule has 0 fully saturated rings. The number of anilines is 1. The first-order valence-corrected chi connectivity index (χ1v) is 8.53. The molecule has 0 saturated heterocycles. The lowest BCUT2D eigenvalue weighted by Gasteiger charge is -2.15. The summed E-state index contributed by atoms with van der Waals surface area (Å²) in [5.74, 6) is -0.0237. The van der Waals surface area contributed by atoms with Crippen molar-refractivity contribution in [2.45, 2.75) is 26.3 Å². The summed E-state index contributed by atoms with van der Waals surface area (Å²) < 4.78 is 3.01. The fourth-order valence-corrected chi connectivity index (χ4v) is 2.94. The zero-order valence-electron chi connectivity index (χ0n) is 13.2. The van der Waals surface area contributed by atoms with E-state index in [0.717, 1.165) is 22.1 Å². The van der Waals surface area contributed by atoms with Crippen molar-refractivity contribution in [2.75, 3.05) is 5.32 Å². The lowest BCUT2D eigenvalue weighted by molar-refractivity contribution is -0.118. The van der Waals surface area contributed by atoms with Crippen molar-refractivity contribution in [3.63, 3.8) is 0 Å². The van der Waals surface area contributed by atoms with E-state index in [0.29, 0.717) is 0 Å². The van der Waals surface area contributed by atoms with Crippen LogP contribution in [0.4, 0.5) is 5.69 Å². The van der Waals surface area contributed by atoms with Crippen LogP contribution in [0.15, 0.2) is 59.2 Å². The van der Waals surface area contributed by atoms with Crippen LogP contribution in [-0.4, -0.2) is 10.5 Å². The summed E-state index contributed by atoms with van der Waals surface area (Å²) in [5.41, 5.74) is 3.19. The molecule has 23 heavy (non-hydrogen) atoms. The molecule has 0 radical (unpaired) electrons. The van der Waals surface area contributed by atoms with Gasteiger partial charge in [-0.25, -0.2) is 0 Å². The minimum absolute atomic E-state index is 0.0237. The number of aryl methyl sites for hydroxylation is 1. The molecule has 0 spiro atoms. The van der Waals surface area contributed by atoms with E-state index < -0.39 is 0 Å². The highest BCUT2D eigenvalue weighted by atomic mass is 79.9. The Morgan fingerprint density at radius 1 is 1.17 bits per heavy atom. The van der Waals surface area contributed by atoms with Crippen LogP contribution in [0.3, 0.4) is 0 Å². The summed E-state index contributed by atoms with van der Waals surface area (Å²) >= 11 is 3.39. The number of amides is 1. The Kier molecular flexibility index (Phi) is 4.53. The SMILES string of the molecule is CCc1ccc2c(ccn2C(C)C(=O)Nc2ccc(Br)cc2)c1. The van der Waals surface area contributed by atoms with Gasteiger partial charge in [0.2, 0.25) is 5.91 Å². The van der Waals surface area contributed by atoms with Gasteiger partial charge in [0.05, 0.1) is 0 Å². The van der Waals surface area contributed by atoms with Gasteiger partial charge in [-0.05, 0) is 66.8 Å². The molecule has 0 aliphatic heterocycles. The summed E-state index contributed by atoms with van der Waals surface area (Å²) in [6.07, 6.45) is 3.00. The Bertz CT molecular complexity index is 836. The molecule has 4 heteroatoms. The van der Waals surface area contributed by atoms with Crippen molar-refractivity contribution < 1.29 is 4.79 Å². The lowest BCUT2D eigenvalue weighted by Crippen LogP contribution is -2.23. The largest absolute Gasteiger partial charge is 0.335 e. The molecule has 1 heterocycles. The van der Waals surface area contributed by atoms with E-state index in [9.17, 15) is 4.79 Å². The van der Waals surface area contributed by atoms with E-state index in [1.54, 1.807) is 0 Å². The van der Waals surface area contributed by atoms with Gasteiger partial charge < -0.3 is 9.88 Å². The highest BCUT2D eigenvalue weighted by Gasteiger charge is 2.16. The van der Waals surface area contributed by atoms with Crippen LogP contribution in [0.2, 0.25) is 0 Å². The summed E-state index contributed by atoms with van der Waals surface area (Å²) in [5, 5.41) is 4.14. The van der Waals surface area contributed by atoms with Crippen LogP contribution in [0, 0.1) is 0 Å². The summed E-state index contributed by atoms with van der Waals surface area (Å²) in [6, 6.07) is 15.8. The lowest BCUT2D eigenvalue weighted by atomic mass is 10.1. The van der Waals surface area contributed by atoms with Crippen LogP contribution >= 0.6 is 15.9 Å². The number of rotatable bonds is 4. The van der Waals surface area contributed by atoms with E-state index in [1.807, 2.05) is 42.0 Å². The van der Waals surface area contributed by atoms with E-state index in [4.69, 9.17) is 0 Å². The number of halogens is 1. The first-order chi connectivity index (χ1) is 11.1. The predicted octanol–water partition coefficient (Wildman–Crippen LogP) is 5.17. The number of carbonyl (C=O) groups is 1. The van der Waals surface area contributed by atoms with Crippen LogP contribution in [-0.2, 0) is 11.2 Å². The van der Waals surface area contributed by atoms with Gasteiger partial charge in [-0.15, -0.1) is 0 Å². The smallest absolute Gasteiger partial charge is 0.247 e. The maximum absolute atomic E-state index is 12.5. The third kappa shape index (κ3) is 3.32. The number of nitrogens with one attached hydrogen (secondary N) is 1. The molecule has 0 aliphatic carbocycles. The van der Waals surface area contributed by atoms with Gasteiger partial charge in [0.1, 0.15) is 6.04 Å². The summed E-state index contributed by atoms with van der Waals surface area (Å²) in [6.45, 7) is 4.06. The Hall–Kier alpha value is -2.07. The number of fused-ring (bicyclic) bond motifs is 1. The first kappa shape index (κ1) is 15.8. The average Bonchev–Trinajstić information content (AvgIpc) is 2.99. The Morgan fingerprint density at radius 2 is 1.91 bits per heavy atom. The van der Waals surface area contributed by atoms with Gasteiger partial charge >= 0.3 is 0 Å². The molecule has 3 rings (SSSR count). The average molecular weight is 371 g/mol. The third-order valence-electron chi connectivity index (χ3n) is 4.10. The second-order valence-electron chi connectivity index (χ2n) is 5.64. The van der Waals surface area contributed by atoms with Gasteiger partial charge in [-0.1, -0.05) is 28.9 Å². The molecule has 3 nitrogen and oxygen atoms in total. The van der Waals surface area contributed by atoms with Gasteiger partial charge in [0.15, 0.2) is 0 Å². The Balaban J connectivity index is 1.83. The number of aromatic nitrogens is 1. The topological polar surface area (TPSA) is 34.0 Å². The number of carbonyl (C=O) groups excluding carboxylic acids is 1. The molecule has 1 unspecified atom stereocenters. The molecular weight excluding hydrogens is 352 g/mol. The quantitative estimate of drug-likeness (QED) is 0.675. The van der Waals surface area contributed by atoms with Gasteiger partial charge in [-0.3, -0.25) is 4.79 Å². The molecule has 0 aliphatic rings. The minimum Gasteiger partial charge on any atom is -0.335 e. The van der Waals surface area contributed by atoms with Crippen molar-refractivity contribution in [1.82, 2.24) is 4.57 Å². The van der Waals surface area contributed by atoms with Crippen LogP contribution in [0.1, 0.15) is 25.5 Å². The number of hydrogen-bond donors (Lipinski definition) is 1. The molecule has 0 saturated carbocycles. The fraction of sp³-hybridized carbons (Fsp3) is 0.211. The molecule has 1 N–H and O–H groups in total.